The summed E-state index contributed by atoms with van der Waals surface area (Å²) >= 11 is 0. The second-order valence-electron chi connectivity index (χ2n) is 9.27. The maximum absolute atomic E-state index is 13.5. The Morgan fingerprint density at radius 1 is 0.806 bits per heavy atom. The van der Waals surface area contributed by atoms with E-state index >= 15 is 0 Å². The van der Waals surface area contributed by atoms with Crippen LogP contribution in [0.4, 0.5) is 11.4 Å². The van der Waals surface area contributed by atoms with Crippen molar-refractivity contribution in [2.24, 2.45) is 0 Å². The van der Waals surface area contributed by atoms with Crippen LogP contribution in [0.3, 0.4) is 0 Å². The van der Waals surface area contributed by atoms with Crippen molar-refractivity contribution in [1.29, 1.82) is 0 Å². The largest absolute Gasteiger partial charge is 0.358 e. The lowest BCUT2D eigenvalue weighted by molar-refractivity contribution is -0.131. The Balaban J connectivity index is 1.48. The number of anilines is 2. The van der Waals surface area contributed by atoms with E-state index in [2.05, 4.69) is 4.90 Å². The van der Waals surface area contributed by atoms with E-state index in [9.17, 15) is 14.4 Å². The van der Waals surface area contributed by atoms with E-state index in [0.717, 1.165) is 89.0 Å². The minimum Gasteiger partial charge on any atom is -0.358 e. The number of likely N-dealkylation sites (tertiary alicyclic amines) is 2. The predicted molar refractivity (Wildman–Crippen MR) is 119 cm³/mol. The number of benzene rings is 1. The smallest absolute Gasteiger partial charge is 0.253 e. The van der Waals surface area contributed by atoms with Crippen LogP contribution in [-0.2, 0) is 9.59 Å². The molecule has 7 nitrogen and oxygen atoms in total. The molecule has 166 valence electrons. The fraction of sp³-hybridized carbons (Fsp3) is 0.625. The van der Waals surface area contributed by atoms with Crippen molar-refractivity contribution < 1.29 is 14.4 Å². The van der Waals surface area contributed by atoms with E-state index in [1.54, 1.807) is 4.90 Å². The molecule has 7 heteroatoms. The third-order valence-corrected chi connectivity index (χ3v) is 7.27. The first-order valence-corrected chi connectivity index (χ1v) is 11.9. The van der Waals surface area contributed by atoms with E-state index in [1.165, 1.54) is 6.42 Å². The lowest BCUT2D eigenvalue weighted by Gasteiger charge is -2.45. The summed E-state index contributed by atoms with van der Waals surface area (Å²) in [5.41, 5.74) is 2.31. The summed E-state index contributed by atoms with van der Waals surface area (Å²) in [7, 11) is 0. The van der Waals surface area contributed by atoms with Gasteiger partial charge in [-0.1, -0.05) is 0 Å². The zero-order valence-electron chi connectivity index (χ0n) is 18.2. The third-order valence-electron chi connectivity index (χ3n) is 7.27. The number of amides is 3. The molecule has 0 aromatic heterocycles. The van der Waals surface area contributed by atoms with Gasteiger partial charge in [0.2, 0.25) is 11.8 Å². The second-order valence-corrected chi connectivity index (χ2v) is 9.27. The molecule has 3 amide bonds. The maximum Gasteiger partial charge on any atom is 0.253 e. The van der Waals surface area contributed by atoms with Gasteiger partial charge in [-0.25, -0.2) is 0 Å². The summed E-state index contributed by atoms with van der Waals surface area (Å²) in [5.74, 6) is 0.0395. The molecule has 1 aromatic rings. The molecular weight excluding hydrogens is 392 g/mol. The Morgan fingerprint density at radius 2 is 1.48 bits per heavy atom. The highest BCUT2D eigenvalue weighted by Gasteiger charge is 2.41. The molecule has 0 bridgehead atoms. The summed E-state index contributed by atoms with van der Waals surface area (Å²) in [6.45, 7) is 4.04. The Morgan fingerprint density at radius 3 is 2.26 bits per heavy atom. The monoisotopic (exact) mass is 424 g/mol. The molecular formula is C24H32N4O3. The third kappa shape index (κ3) is 3.79. The second kappa shape index (κ2) is 8.52. The lowest BCUT2D eigenvalue weighted by atomic mass is 9.95. The van der Waals surface area contributed by atoms with E-state index in [-0.39, 0.29) is 30.3 Å². The molecule has 0 N–H and O–H groups in total. The first kappa shape index (κ1) is 20.3. The van der Waals surface area contributed by atoms with Crippen molar-refractivity contribution in [2.75, 3.05) is 49.1 Å². The molecule has 4 aliphatic heterocycles. The number of carbonyl (C=O) groups excluding carboxylic acids is 3. The van der Waals surface area contributed by atoms with Crippen molar-refractivity contribution >= 4 is 29.1 Å². The van der Waals surface area contributed by atoms with Crippen molar-refractivity contribution in [1.82, 2.24) is 9.80 Å². The summed E-state index contributed by atoms with van der Waals surface area (Å²) < 4.78 is 0. The highest BCUT2D eigenvalue weighted by molar-refractivity contribution is 6.09. The van der Waals surface area contributed by atoms with Gasteiger partial charge in [0, 0.05) is 38.3 Å². The Bertz CT molecular complexity index is 874. The average Bonchev–Trinajstić information content (AvgIpc) is 3.37. The summed E-state index contributed by atoms with van der Waals surface area (Å²) in [5, 5.41) is 0. The van der Waals surface area contributed by atoms with Gasteiger partial charge in [0.15, 0.2) is 0 Å². The summed E-state index contributed by atoms with van der Waals surface area (Å²) in [6.07, 6.45) is 8.23. The molecule has 3 fully saturated rings. The minimum atomic E-state index is -0.198. The van der Waals surface area contributed by atoms with Gasteiger partial charge in [-0.3, -0.25) is 19.3 Å². The van der Waals surface area contributed by atoms with Gasteiger partial charge in [-0.15, -0.1) is 0 Å². The number of rotatable bonds is 3. The van der Waals surface area contributed by atoms with Crippen LogP contribution in [0.25, 0.3) is 0 Å². The summed E-state index contributed by atoms with van der Waals surface area (Å²) in [4.78, 5) is 47.2. The quantitative estimate of drug-likeness (QED) is 0.748. The number of piperidine rings is 2. The van der Waals surface area contributed by atoms with E-state index in [1.807, 2.05) is 28.0 Å². The molecule has 1 atom stereocenters. The standard InChI is InChI=1S/C24H32N4O3/c29-22(25-11-6-7-12-25)17-28-21-16-18(23(30)26-13-3-1-4-14-26)9-10-19(21)27-15-5-2-8-20(27)24(28)31/h9-10,16,20H,1-8,11-15,17H2. The number of nitrogens with zero attached hydrogens (tertiary/aromatic N) is 4. The molecule has 1 aromatic carbocycles. The highest BCUT2D eigenvalue weighted by Crippen LogP contribution is 2.40. The van der Waals surface area contributed by atoms with Crippen LogP contribution in [0.1, 0.15) is 61.7 Å². The Hall–Kier alpha value is -2.57. The Labute approximate surface area is 184 Å². The molecule has 31 heavy (non-hydrogen) atoms. The van der Waals surface area contributed by atoms with Crippen LogP contribution in [0, 0.1) is 0 Å². The number of hydrogen-bond donors (Lipinski definition) is 0. The molecule has 0 radical (unpaired) electrons. The highest BCUT2D eigenvalue weighted by atomic mass is 16.2. The molecule has 3 saturated heterocycles. The van der Waals surface area contributed by atoms with Gasteiger partial charge in [0.1, 0.15) is 12.6 Å². The maximum atomic E-state index is 13.5. The number of fused-ring (bicyclic) bond motifs is 3. The Kier molecular flexibility index (Phi) is 5.59. The van der Waals surface area contributed by atoms with Crippen molar-refractivity contribution in [2.45, 2.75) is 57.4 Å². The van der Waals surface area contributed by atoms with Gasteiger partial charge in [0.05, 0.1) is 11.4 Å². The van der Waals surface area contributed by atoms with Crippen LogP contribution in [0.5, 0.6) is 0 Å². The topological polar surface area (TPSA) is 64.2 Å². The molecule has 0 aliphatic carbocycles. The van der Waals surface area contributed by atoms with Crippen LogP contribution in [0.15, 0.2) is 18.2 Å². The first-order chi connectivity index (χ1) is 15.1. The molecule has 4 aliphatic rings. The van der Waals surface area contributed by atoms with E-state index < -0.39 is 0 Å². The van der Waals surface area contributed by atoms with Crippen LogP contribution in [0.2, 0.25) is 0 Å². The van der Waals surface area contributed by atoms with Gasteiger partial charge in [-0.2, -0.15) is 0 Å². The predicted octanol–water partition coefficient (Wildman–Crippen LogP) is 2.64. The van der Waals surface area contributed by atoms with Crippen molar-refractivity contribution in [3.63, 3.8) is 0 Å². The zero-order valence-corrected chi connectivity index (χ0v) is 18.2. The van der Waals surface area contributed by atoms with Gasteiger partial charge < -0.3 is 14.7 Å². The van der Waals surface area contributed by atoms with Crippen LogP contribution < -0.4 is 9.80 Å². The zero-order chi connectivity index (χ0) is 21.4. The molecule has 0 saturated carbocycles. The van der Waals surface area contributed by atoms with Crippen molar-refractivity contribution in [3.8, 4) is 0 Å². The van der Waals surface area contributed by atoms with Crippen LogP contribution in [-0.4, -0.2) is 72.8 Å². The van der Waals surface area contributed by atoms with Crippen LogP contribution >= 0.6 is 0 Å². The average molecular weight is 425 g/mol. The number of hydrogen-bond acceptors (Lipinski definition) is 4. The SMILES string of the molecule is O=C(CN1C(=O)C2CCCCN2c2ccc(C(=O)N3CCCCC3)cc21)N1CCCC1. The van der Waals surface area contributed by atoms with E-state index in [0.29, 0.717) is 5.56 Å². The normalized spacial score (nSPS) is 23.6. The van der Waals surface area contributed by atoms with Gasteiger partial charge in [0.25, 0.3) is 5.91 Å². The van der Waals surface area contributed by atoms with Gasteiger partial charge >= 0.3 is 0 Å². The minimum absolute atomic E-state index is 0.00215. The van der Waals surface area contributed by atoms with Gasteiger partial charge in [-0.05, 0) is 69.6 Å². The fourth-order valence-electron chi connectivity index (χ4n) is 5.54. The molecule has 5 rings (SSSR count). The molecule has 4 heterocycles. The molecule has 0 spiro atoms. The number of carbonyl (C=O) groups is 3. The molecule has 1 unspecified atom stereocenters. The van der Waals surface area contributed by atoms with Crippen molar-refractivity contribution in [3.05, 3.63) is 23.8 Å². The summed E-state index contributed by atoms with van der Waals surface area (Å²) in [6, 6.07) is 5.55. The fourth-order valence-corrected chi connectivity index (χ4v) is 5.54. The van der Waals surface area contributed by atoms with E-state index in [4.69, 9.17) is 0 Å². The lowest BCUT2D eigenvalue weighted by Crippen LogP contribution is -2.57. The first-order valence-electron chi connectivity index (χ1n) is 11.9.